The largest absolute Gasteiger partial charge is 0.439 e. The van der Waals surface area contributed by atoms with Crippen molar-refractivity contribution in [3.8, 4) is 29.0 Å². The molecule has 5 rings (SSSR count). The van der Waals surface area contributed by atoms with Crippen molar-refractivity contribution in [3.05, 3.63) is 66.4 Å². The predicted molar refractivity (Wildman–Crippen MR) is 147 cm³/mol. The second-order valence-electron chi connectivity index (χ2n) is 10.1. The molecule has 0 saturated carbocycles. The highest BCUT2D eigenvalue weighted by Crippen LogP contribution is 2.35. The molecule has 1 atom stereocenters. The molecule has 1 aliphatic rings. The first kappa shape index (κ1) is 26.7. The Morgan fingerprint density at radius 3 is 2.77 bits per heavy atom. The molecule has 4 aromatic rings. The van der Waals surface area contributed by atoms with Crippen LogP contribution in [0.25, 0.3) is 22.3 Å². The summed E-state index contributed by atoms with van der Waals surface area (Å²) in [7, 11) is 0. The molecule has 4 heterocycles. The number of nitrogens with zero attached hydrogens (tertiary/aromatic N) is 7. The van der Waals surface area contributed by atoms with E-state index in [1.54, 1.807) is 33.9 Å². The Kier molecular flexibility index (Phi) is 7.68. The fourth-order valence-electron chi connectivity index (χ4n) is 4.74. The van der Waals surface area contributed by atoms with Gasteiger partial charge in [0, 0.05) is 19.2 Å². The Morgan fingerprint density at radius 1 is 1.25 bits per heavy atom. The first-order chi connectivity index (χ1) is 19.4. The number of fused-ring (bicyclic) bond motifs is 1. The van der Waals surface area contributed by atoms with Crippen molar-refractivity contribution < 1.29 is 13.9 Å². The third-order valence-electron chi connectivity index (χ3n) is 6.74. The van der Waals surface area contributed by atoms with Gasteiger partial charge in [0.25, 0.3) is 5.91 Å². The lowest BCUT2D eigenvalue weighted by Crippen LogP contribution is -2.41. The Balaban J connectivity index is 1.47. The number of halogens is 1. The Bertz CT molecular complexity index is 1610. The van der Waals surface area contributed by atoms with Crippen molar-refractivity contribution in [2.75, 3.05) is 18.8 Å². The molecule has 0 aliphatic carbocycles. The number of hydrogen-bond acceptors (Lipinski definition) is 8. The Labute approximate surface area is 230 Å². The molecule has 1 aliphatic heterocycles. The molecule has 0 bridgehead atoms. The number of nitrogen functional groups attached to an aromatic ring is 1. The smallest absolute Gasteiger partial charge is 0.264 e. The van der Waals surface area contributed by atoms with Crippen LogP contribution in [0.1, 0.15) is 39.2 Å². The average Bonchev–Trinajstić information content (AvgIpc) is 3.34. The third-order valence-corrected chi connectivity index (χ3v) is 6.74. The summed E-state index contributed by atoms with van der Waals surface area (Å²) in [5.74, 6) is 0.0336. The van der Waals surface area contributed by atoms with Crippen LogP contribution in [0.5, 0.6) is 11.6 Å². The number of allylic oxidation sites excluding steroid dienone is 1. The molecular weight excluding hydrogens is 511 g/mol. The van der Waals surface area contributed by atoms with Crippen LogP contribution in [0.15, 0.2) is 60.4 Å². The number of rotatable bonds is 7. The van der Waals surface area contributed by atoms with Crippen LogP contribution in [0.4, 0.5) is 10.2 Å². The molecule has 40 heavy (non-hydrogen) atoms. The first-order valence-electron chi connectivity index (χ1n) is 13.1. The zero-order valence-electron chi connectivity index (χ0n) is 22.3. The summed E-state index contributed by atoms with van der Waals surface area (Å²) in [4.78, 5) is 27.3. The molecule has 1 fully saturated rings. The molecule has 2 N–H and O–H groups in total. The summed E-state index contributed by atoms with van der Waals surface area (Å²) < 4.78 is 22.7. The summed E-state index contributed by atoms with van der Waals surface area (Å²) in [6, 6.07) is 13.9. The van der Waals surface area contributed by atoms with E-state index in [2.05, 4.69) is 15.0 Å². The molecule has 1 saturated heterocycles. The highest BCUT2D eigenvalue weighted by Gasteiger charge is 2.30. The highest BCUT2D eigenvalue weighted by molar-refractivity contribution is 5.99. The lowest BCUT2D eigenvalue weighted by Gasteiger charge is -2.32. The van der Waals surface area contributed by atoms with E-state index < -0.39 is 5.95 Å². The molecule has 204 valence electrons. The van der Waals surface area contributed by atoms with Gasteiger partial charge in [-0.2, -0.15) is 19.7 Å². The standard InChI is InChI=1S/C29H29FN8O2/c1-18(2)10-11-19(15-31)29(39)37-14-6-7-20(16-37)38-28-24(27(32)33-17-34-28)25(36-38)22-12-13-23(35-26(22)30)40-21-8-4-3-5-9-21/h3-5,8-9,11-13,17-18,20H,6-7,10,14,16H2,1-2H3,(H2,32,33,34)/t20-/m1/s1. The number of benzene rings is 1. The topological polar surface area (TPSA) is 136 Å². The summed E-state index contributed by atoms with van der Waals surface area (Å²) >= 11 is 0. The van der Waals surface area contributed by atoms with E-state index in [-0.39, 0.29) is 40.5 Å². The van der Waals surface area contributed by atoms with Gasteiger partial charge < -0.3 is 15.4 Å². The van der Waals surface area contributed by atoms with E-state index in [0.717, 1.165) is 0 Å². The van der Waals surface area contributed by atoms with E-state index in [1.807, 2.05) is 38.1 Å². The number of pyridine rings is 1. The van der Waals surface area contributed by atoms with E-state index >= 15 is 4.39 Å². The highest BCUT2D eigenvalue weighted by atomic mass is 19.1. The van der Waals surface area contributed by atoms with Crippen LogP contribution in [-0.4, -0.2) is 48.6 Å². The maximum Gasteiger partial charge on any atom is 0.264 e. The number of nitrogens with two attached hydrogens (primary N) is 1. The van der Waals surface area contributed by atoms with Crippen LogP contribution >= 0.6 is 0 Å². The minimum absolute atomic E-state index is 0.0978. The average molecular weight is 541 g/mol. The van der Waals surface area contributed by atoms with Gasteiger partial charge >= 0.3 is 0 Å². The van der Waals surface area contributed by atoms with Crippen LogP contribution < -0.4 is 10.5 Å². The zero-order valence-corrected chi connectivity index (χ0v) is 22.3. The molecular formula is C29H29FN8O2. The van der Waals surface area contributed by atoms with Gasteiger partial charge in [-0.05, 0) is 43.4 Å². The summed E-state index contributed by atoms with van der Waals surface area (Å²) in [5, 5.41) is 14.7. The summed E-state index contributed by atoms with van der Waals surface area (Å²) in [6.45, 7) is 4.91. The van der Waals surface area contributed by atoms with Gasteiger partial charge in [-0.3, -0.25) is 4.79 Å². The maximum atomic E-state index is 15.4. The molecule has 0 unspecified atom stereocenters. The van der Waals surface area contributed by atoms with Crippen molar-refractivity contribution in [2.24, 2.45) is 5.92 Å². The number of nitriles is 1. The SMILES string of the molecule is CC(C)CC=C(C#N)C(=O)N1CCC[C@@H](n2nc(-c3ccc(Oc4ccccc4)nc3F)c3c(N)ncnc32)C1. The number of ether oxygens (including phenoxy) is 1. The molecule has 1 amide bonds. The predicted octanol–water partition coefficient (Wildman–Crippen LogP) is 5.06. The van der Waals surface area contributed by atoms with Crippen LogP contribution in [-0.2, 0) is 4.79 Å². The number of amides is 1. The minimum atomic E-state index is -0.780. The molecule has 11 heteroatoms. The number of likely N-dealkylation sites (tertiary alicyclic amines) is 1. The van der Waals surface area contributed by atoms with Gasteiger partial charge in [-0.1, -0.05) is 38.1 Å². The van der Waals surface area contributed by atoms with Crippen molar-refractivity contribution in [1.29, 1.82) is 5.26 Å². The Morgan fingerprint density at radius 2 is 2.05 bits per heavy atom. The van der Waals surface area contributed by atoms with Crippen molar-refractivity contribution in [2.45, 2.75) is 39.2 Å². The number of piperidine rings is 1. The van der Waals surface area contributed by atoms with Gasteiger partial charge in [-0.15, -0.1) is 0 Å². The monoisotopic (exact) mass is 540 g/mol. The maximum absolute atomic E-state index is 15.4. The van der Waals surface area contributed by atoms with Gasteiger partial charge in [0.05, 0.1) is 17.0 Å². The lowest BCUT2D eigenvalue weighted by atomic mass is 10.0. The molecule has 10 nitrogen and oxygen atoms in total. The van der Waals surface area contributed by atoms with Crippen LogP contribution in [0.3, 0.4) is 0 Å². The van der Waals surface area contributed by atoms with Gasteiger partial charge in [0.15, 0.2) is 5.65 Å². The molecule has 3 aromatic heterocycles. The molecule has 0 radical (unpaired) electrons. The number of aromatic nitrogens is 5. The first-order valence-corrected chi connectivity index (χ1v) is 13.1. The van der Waals surface area contributed by atoms with E-state index in [4.69, 9.17) is 15.6 Å². The fraction of sp³-hybridized carbons (Fsp3) is 0.310. The van der Waals surface area contributed by atoms with Crippen molar-refractivity contribution in [1.82, 2.24) is 29.6 Å². The summed E-state index contributed by atoms with van der Waals surface area (Å²) in [6.07, 6.45) is 5.10. The second kappa shape index (κ2) is 11.5. The van der Waals surface area contributed by atoms with Crippen LogP contribution in [0.2, 0.25) is 0 Å². The Hall–Kier alpha value is -4.85. The summed E-state index contributed by atoms with van der Waals surface area (Å²) in [5.41, 5.74) is 7.17. The van der Waals surface area contributed by atoms with E-state index in [9.17, 15) is 10.1 Å². The number of hydrogen-bond donors (Lipinski definition) is 1. The minimum Gasteiger partial charge on any atom is -0.439 e. The quantitative estimate of drug-likeness (QED) is 0.195. The number of carbonyl (C=O) groups excluding carboxylic acids is 1. The number of para-hydroxylation sites is 1. The van der Waals surface area contributed by atoms with E-state index in [1.165, 1.54) is 12.4 Å². The fourth-order valence-corrected chi connectivity index (χ4v) is 4.74. The van der Waals surface area contributed by atoms with Crippen molar-refractivity contribution >= 4 is 22.8 Å². The third kappa shape index (κ3) is 5.47. The van der Waals surface area contributed by atoms with E-state index in [0.29, 0.717) is 55.1 Å². The normalized spacial score (nSPS) is 15.8. The van der Waals surface area contributed by atoms with Gasteiger partial charge in [0.2, 0.25) is 11.8 Å². The second-order valence-corrected chi connectivity index (χ2v) is 10.1. The van der Waals surface area contributed by atoms with Crippen LogP contribution in [0, 0.1) is 23.2 Å². The number of anilines is 1. The molecule has 0 spiro atoms. The number of carbonyl (C=O) groups is 1. The lowest BCUT2D eigenvalue weighted by molar-refractivity contribution is -0.128. The zero-order chi connectivity index (χ0) is 28.2. The van der Waals surface area contributed by atoms with Gasteiger partial charge in [-0.25, -0.2) is 14.6 Å². The molecule has 1 aromatic carbocycles. The van der Waals surface area contributed by atoms with Crippen molar-refractivity contribution in [3.63, 3.8) is 0 Å². The van der Waals surface area contributed by atoms with Gasteiger partial charge in [0.1, 0.15) is 35.2 Å².